The van der Waals surface area contributed by atoms with Crippen LogP contribution in [0.5, 0.6) is 5.75 Å². The summed E-state index contributed by atoms with van der Waals surface area (Å²) >= 11 is 0. The quantitative estimate of drug-likeness (QED) is 0.920. The van der Waals surface area contributed by atoms with Gasteiger partial charge in [-0.1, -0.05) is 25.1 Å². The first kappa shape index (κ1) is 12.2. The molecule has 2 heterocycles. The first-order chi connectivity index (χ1) is 9.28. The Balaban J connectivity index is 1.84. The fourth-order valence-corrected chi connectivity index (χ4v) is 2.55. The first-order valence-corrected chi connectivity index (χ1v) is 6.81. The number of aryl methyl sites for hydroxylation is 1. The van der Waals surface area contributed by atoms with Crippen LogP contribution >= 0.6 is 0 Å². The molecule has 1 unspecified atom stereocenters. The predicted octanol–water partition coefficient (Wildman–Crippen LogP) is 2.82. The summed E-state index contributed by atoms with van der Waals surface area (Å²) in [6, 6.07) is 8.04. The Morgan fingerprint density at radius 2 is 2.26 bits per heavy atom. The van der Waals surface area contributed by atoms with Crippen molar-refractivity contribution in [3.8, 4) is 5.75 Å². The van der Waals surface area contributed by atoms with Gasteiger partial charge in [-0.15, -0.1) is 0 Å². The van der Waals surface area contributed by atoms with E-state index in [-0.39, 0.29) is 12.1 Å². The average Bonchev–Trinajstić information content (AvgIpc) is 2.88. The number of hydrogen-bond acceptors (Lipinski definition) is 3. The van der Waals surface area contributed by atoms with Crippen LogP contribution < -0.4 is 10.5 Å². The zero-order valence-electron chi connectivity index (χ0n) is 11.1. The first-order valence-electron chi connectivity index (χ1n) is 6.81. The Hall–Kier alpha value is -1.81. The molecule has 1 aromatic heterocycles. The average molecular weight is 257 g/mol. The van der Waals surface area contributed by atoms with Crippen molar-refractivity contribution in [3.63, 3.8) is 0 Å². The summed E-state index contributed by atoms with van der Waals surface area (Å²) in [6.07, 6.45) is 5.84. The summed E-state index contributed by atoms with van der Waals surface area (Å²) in [5, 5.41) is 4.36. The Bertz CT molecular complexity index is 564. The second-order valence-corrected chi connectivity index (χ2v) is 5.02. The van der Waals surface area contributed by atoms with Gasteiger partial charge in [-0.2, -0.15) is 5.10 Å². The number of nitrogens with two attached hydrogens (primary N) is 1. The molecule has 2 N–H and O–H groups in total. The van der Waals surface area contributed by atoms with E-state index in [9.17, 15) is 0 Å². The van der Waals surface area contributed by atoms with Crippen LogP contribution in [0.25, 0.3) is 0 Å². The van der Waals surface area contributed by atoms with Gasteiger partial charge < -0.3 is 10.5 Å². The zero-order chi connectivity index (χ0) is 13.2. The minimum atomic E-state index is 0.00973. The molecule has 2 aromatic rings. The maximum atomic E-state index is 6.23. The summed E-state index contributed by atoms with van der Waals surface area (Å²) < 4.78 is 8.01. The van der Waals surface area contributed by atoms with E-state index in [4.69, 9.17) is 10.5 Å². The van der Waals surface area contributed by atoms with Crippen molar-refractivity contribution in [2.45, 2.75) is 38.5 Å². The summed E-state index contributed by atoms with van der Waals surface area (Å²) in [5.41, 5.74) is 8.44. The van der Waals surface area contributed by atoms with Crippen LogP contribution in [0.2, 0.25) is 0 Å². The van der Waals surface area contributed by atoms with E-state index in [2.05, 4.69) is 18.2 Å². The minimum Gasteiger partial charge on any atom is -0.485 e. The number of para-hydroxylation sites is 1. The molecule has 2 atom stereocenters. The molecule has 0 spiro atoms. The summed E-state index contributed by atoms with van der Waals surface area (Å²) in [7, 11) is 0. The molecule has 3 rings (SSSR count). The van der Waals surface area contributed by atoms with Gasteiger partial charge in [0.15, 0.2) is 0 Å². The van der Waals surface area contributed by atoms with Gasteiger partial charge in [0.25, 0.3) is 0 Å². The molecule has 4 heteroatoms. The molecule has 1 aromatic carbocycles. The Kier molecular flexibility index (Phi) is 3.25. The van der Waals surface area contributed by atoms with Gasteiger partial charge in [-0.3, -0.25) is 4.68 Å². The molecule has 0 amide bonds. The highest BCUT2D eigenvalue weighted by molar-refractivity contribution is 5.38. The maximum Gasteiger partial charge on any atom is 0.129 e. The maximum absolute atomic E-state index is 6.23. The molecule has 0 bridgehead atoms. The van der Waals surface area contributed by atoms with Crippen molar-refractivity contribution in [2.24, 2.45) is 5.73 Å². The minimum absolute atomic E-state index is 0.00973. The van der Waals surface area contributed by atoms with Crippen molar-refractivity contribution >= 4 is 0 Å². The number of benzene rings is 1. The molecule has 0 saturated carbocycles. The largest absolute Gasteiger partial charge is 0.485 e. The molecule has 19 heavy (non-hydrogen) atoms. The third-order valence-electron chi connectivity index (χ3n) is 3.53. The molecule has 0 fully saturated rings. The van der Waals surface area contributed by atoms with Crippen molar-refractivity contribution in [3.05, 3.63) is 47.8 Å². The van der Waals surface area contributed by atoms with Crippen LogP contribution in [0.15, 0.2) is 36.7 Å². The molecule has 0 aliphatic carbocycles. The van der Waals surface area contributed by atoms with E-state index >= 15 is 0 Å². The van der Waals surface area contributed by atoms with Crippen molar-refractivity contribution < 1.29 is 4.74 Å². The molecule has 1 aliphatic rings. The van der Waals surface area contributed by atoms with Crippen molar-refractivity contribution in [1.82, 2.24) is 9.78 Å². The number of hydrogen-bond donors (Lipinski definition) is 1. The molecule has 0 saturated heterocycles. The summed E-state index contributed by atoms with van der Waals surface area (Å²) in [5.74, 6) is 0.898. The summed E-state index contributed by atoms with van der Waals surface area (Å²) in [6.45, 7) is 3.08. The van der Waals surface area contributed by atoms with E-state index < -0.39 is 0 Å². The zero-order valence-corrected chi connectivity index (χ0v) is 11.1. The monoisotopic (exact) mass is 257 g/mol. The van der Waals surface area contributed by atoms with Crippen LogP contribution in [0, 0.1) is 0 Å². The second kappa shape index (κ2) is 5.05. The normalized spacial score (nSPS) is 21.8. The van der Waals surface area contributed by atoms with Crippen LogP contribution in [0.4, 0.5) is 0 Å². The van der Waals surface area contributed by atoms with E-state index in [0.29, 0.717) is 0 Å². The lowest BCUT2D eigenvalue weighted by Crippen LogP contribution is -2.23. The Morgan fingerprint density at radius 3 is 3.11 bits per heavy atom. The molecule has 4 nitrogen and oxygen atoms in total. The van der Waals surface area contributed by atoms with Gasteiger partial charge >= 0.3 is 0 Å². The van der Waals surface area contributed by atoms with Crippen molar-refractivity contribution in [2.75, 3.05) is 0 Å². The van der Waals surface area contributed by atoms with E-state index in [0.717, 1.165) is 36.3 Å². The highest BCUT2D eigenvalue weighted by atomic mass is 16.5. The predicted molar refractivity (Wildman–Crippen MR) is 73.9 cm³/mol. The van der Waals surface area contributed by atoms with Gasteiger partial charge in [0.1, 0.15) is 11.9 Å². The Morgan fingerprint density at radius 1 is 1.42 bits per heavy atom. The lowest BCUT2D eigenvalue weighted by Gasteiger charge is -2.29. The highest BCUT2D eigenvalue weighted by Crippen LogP contribution is 2.39. The SMILES string of the molecule is CCCn1cc(C2C[C@@H](N)c3ccccc3O2)cn1. The molecule has 1 aliphatic heterocycles. The number of nitrogens with zero attached hydrogens (tertiary/aromatic N) is 2. The Labute approximate surface area is 113 Å². The topological polar surface area (TPSA) is 53.1 Å². The van der Waals surface area contributed by atoms with Gasteiger partial charge in [0.2, 0.25) is 0 Å². The van der Waals surface area contributed by atoms with E-state index in [1.807, 2.05) is 35.1 Å². The van der Waals surface area contributed by atoms with Gasteiger partial charge in [0, 0.05) is 36.3 Å². The fourth-order valence-electron chi connectivity index (χ4n) is 2.55. The van der Waals surface area contributed by atoms with E-state index in [1.54, 1.807) is 0 Å². The molecular formula is C15H19N3O. The standard InChI is InChI=1S/C15H19N3O/c1-2-7-18-10-11(9-17-18)15-8-13(16)12-5-3-4-6-14(12)19-15/h3-6,9-10,13,15H,2,7-8,16H2,1H3/t13-,15?/m1/s1. The third-order valence-corrected chi connectivity index (χ3v) is 3.53. The van der Waals surface area contributed by atoms with Crippen LogP contribution in [-0.4, -0.2) is 9.78 Å². The number of rotatable bonds is 3. The smallest absolute Gasteiger partial charge is 0.129 e. The molecule has 100 valence electrons. The fraction of sp³-hybridized carbons (Fsp3) is 0.400. The number of ether oxygens (including phenoxy) is 1. The van der Waals surface area contributed by atoms with Crippen LogP contribution in [0.1, 0.15) is 43.0 Å². The molecule has 0 radical (unpaired) electrons. The van der Waals surface area contributed by atoms with Gasteiger partial charge in [-0.25, -0.2) is 0 Å². The second-order valence-electron chi connectivity index (χ2n) is 5.02. The van der Waals surface area contributed by atoms with Crippen LogP contribution in [0.3, 0.4) is 0 Å². The number of fused-ring (bicyclic) bond motifs is 1. The highest BCUT2D eigenvalue weighted by Gasteiger charge is 2.27. The number of aromatic nitrogens is 2. The van der Waals surface area contributed by atoms with E-state index in [1.165, 1.54) is 0 Å². The van der Waals surface area contributed by atoms with Gasteiger partial charge in [0.05, 0.1) is 6.20 Å². The third kappa shape index (κ3) is 2.36. The van der Waals surface area contributed by atoms with Crippen LogP contribution in [-0.2, 0) is 6.54 Å². The van der Waals surface area contributed by atoms with Gasteiger partial charge in [-0.05, 0) is 12.5 Å². The molecular weight excluding hydrogens is 238 g/mol. The van der Waals surface area contributed by atoms with Crippen molar-refractivity contribution in [1.29, 1.82) is 0 Å². The lowest BCUT2D eigenvalue weighted by atomic mass is 9.95. The lowest BCUT2D eigenvalue weighted by molar-refractivity contribution is 0.161. The summed E-state index contributed by atoms with van der Waals surface area (Å²) in [4.78, 5) is 0.